The molecule has 4 heterocycles. The van der Waals surface area contributed by atoms with Crippen LogP contribution in [0.1, 0.15) is 13.8 Å². The van der Waals surface area contributed by atoms with Crippen molar-refractivity contribution in [3.8, 4) is 0 Å². The van der Waals surface area contributed by atoms with Crippen molar-refractivity contribution in [1.29, 1.82) is 0 Å². The fourth-order valence-corrected chi connectivity index (χ4v) is 5.43. The molecule has 20 atom stereocenters. The van der Waals surface area contributed by atoms with Gasteiger partial charge in [0.1, 0.15) is 85.5 Å². The molecule has 0 bridgehead atoms. The lowest BCUT2D eigenvalue weighted by Crippen LogP contribution is -2.67. The largest absolute Gasteiger partial charge is 0.394 e. The second-order valence-corrected chi connectivity index (χ2v) is 11.1. The normalized spacial score (nSPS) is 54.8. The molecule has 4 rings (SSSR count). The van der Waals surface area contributed by atoms with Crippen LogP contribution in [0.4, 0.5) is 0 Å². The maximum absolute atomic E-state index is 10.9. The molecule has 252 valence electrons. The van der Waals surface area contributed by atoms with E-state index in [1.54, 1.807) is 0 Å². The summed E-state index contributed by atoms with van der Waals surface area (Å²) in [5.41, 5.74) is 0. The molecule has 12 N–H and O–H groups in total. The fourth-order valence-electron chi connectivity index (χ4n) is 5.43. The molecule has 0 radical (unpaired) electrons. The van der Waals surface area contributed by atoms with Crippen LogP contribution in [0, 0.1) is 0 Å². The minimum absolute atomic E-state index is 0.800. The quantitative estimate of drug-likeness (QED) is 0.118. The Balaban J connectivity index is 1.65. The van der Waals surface area contributed by atoms with Crippen molar-refractivity contribution >= 4 is 0 Å². The third kappa shape index (κ3) is 7.00. The van der Waals surface area contributed by atoms with Crippen molar-refractivity contribution in [2.24, 2.45) is 0 Å². The fraction of sp³-hybridized carbons (Fsp3) is 1.00. The van der Waals surface area contributed by atoms with Gasteiger partial charge in [0.2, 0.25) is 0 Å². The van der Waals surface area contributed by atoms with Gasteiger partial charge in [0.15, 0.2) is 25.2 Å². The minimum atomic E-state index is -1.94. The SMILES string of the molecule is C[C@@H]1O[C@@H](O[C@@H]2[C@@H](O[C@@H]3O[C@H](CO)[C@H](O)[C@H](O)[C@H]3O)[C@@H](O[C@@H]3O[C@@H](CO)[C@@H](O)[C@@H](O)[C@@H]3O)[C@H](O)O[C@H]2C)[C@@H](O)[C@H](O)[C@@H]1O. The molecule has 0 aromatic heterocycles. The van der Waals surface area contributed by atoms with Crippen molar-refractivity contribution in [3.05, 3.63) is 0 Å². The lowest BCUT2D eigenvalue weighted by atomic mass is 9.95. The first kappa shape index (κ1) is 35.1. The summed E-state index contributed by atoms with van der Waals surface area (Å²) in [7, 11) is 0. The van der Waals surface area contributed by atoms with Gasteiger partial charge in [0.25, 0.3) is 0 Å². The Labute approximate surface area is 244 Å². The highest BCUT2D eigenvalue weighted by Crippen LogP contribution is 2.35. The number of rotatable bonds is 8. The third-order valence-corrected chi connectivity index (χ3v) is 8.12. The monoisotopic (exact) mass is 634 g/mol. The van der Waals surface area contributed by atoms with E-state index in [9.17, 15) is 61.3 Å². The zero-order valence-electron chi connectivity index (χ0n) is 23.2. The summed E-state index contributed by atoms with van der Waals surface area (Å²) < 4.78 is 39.3. The van der Waals surface area contributed by atoms with Gasteiger partial charge >= 0.3 is 0 Å². The summed E-state index contributed by atoms with van der Waals surface area (Å²) in [6.07, 6.45) is -33.1. The second kappa shape index (κ2) is 14.3. The van der Waals surface area contributed by atoms with Gasteiger partial charge in [-0.05, 0) is 13.8 Å². The number of hydrogen-bond donors (Lipinski definition) is 12. The average molecular weight is 635 g/mol. The predicted molar refractivity (Wildman–Crippen MR) is 131 cm³/mol. The third-order valence-electron chi connectivity index (χ3n) is 8.12. The van der Waals surface area contributed by atoms with E-state index in [1.165, 1.54) is 13.8 Å². The number of aliphatic hydroxyl groups is 12. The predicted octanol–water partition coefficient (Wildman–Crippen LogP) is -7.69. The standard InChI is InChI=1S/C24H42O19/c1-5-9(27)12(30)15(33)22(38-5)41-18-6(2)37-21(36)20(43-24-17(35)14(32)11(29)8(4-26)40-24)19(18)42-23-16(34)13(31)10(28)7(3-25)39-23/h5-36H,3-4H2,1-2H3/t5-,6-,7+,8-,9+,10-,11+,12+,13-,14+,15-,16+,17-,18-,19+,20+,21+,22-,23-,24-/m0/s1. The molecule has 4 saturated heterocycles. The summed E-state index contributed by atoms with van der Waals surface area (Å²) in [5.74, 6) is 0. The molecule has 0 spiro atoms. The molecule has 0 aliphatic carbocycles. The summed E-state index contributed by atoms with van der Waals surface area (Å²) in [6, 6.07) is 0. The summed E-state index contributed by atoms with van der Waals surface area (Å²) >= 11 is 0. The van der Waals surface area contributed by atoms with E-state index >= 15 is 0 Å². The Morgan fingerprint density at radius 2 is 0.814 bits per heavy atom. The molecule has 0 amide bonds. The van der Waals surface area contributed by atoms with Crippen molar-refractivity contribution < 1.29 is 94.4 Å². The zero-order chi connectivity index (χ0) is 31.9. The zero-order valence-corrected chi connectivity index (χ0v) is 23.2. The molecule has 4 aliphatic heterocycles. The molecular weight excluding hydrogens is 592 g/mol. The first-order valence-electron chi connectivity index (χ1n) is 13.8. The van der Waals surface area contributed by atoms with E-state index < -0.39 is 136 Å². The molecule has 19 nitrogen and oxygen atoms in total. The van der Waals surface area contributed by atoms with Gasteiger partial charge in [-0.2, -0.15) is 0 Å². The summed E-state index contributed by atoms with van der Waals surface area (Å²) in [4.78, 5) is 0. The van der Waals surface area contributed by atoms with Crippen molar-refractivity contribution in [3.63, 3.8) is 0 Å². The van der Waals surface area contributed by atoms with Gasteiger partial charge in [-0.1, -0.05) is 0 Å². The van der Waals surface area contributed by atoms with E-state index in [1.807, 2.05) is 0 Å². The van der Waals surface area contributed by atoms with Crippen LogP contribution in [0.25, 0.3) is 0 Å². The average Bonchev–Trinajstić information content (AvgIpc) is 2.98. The van der Waals surface area contributed by atoms with E-state index in [4.69, 9.17) is 33.2 Å². The van der Waals surface area contributed by atoms with Gasteiger partial charge < -0.3 is 94.4 Å². The first-order chi connectivity index (χ1) is 20.2. The Morgan fingerprint density at radius 3 is 1.28 bits per heavy atom. The van der Waals surface area contributed by atoms with Crippen molar-refractivity contribution in [2.75, 3.05) is 13.2 Å². The lowest BCUT2D eigenvalue weighted by Gasteiger charge is -2.50. The van der Waals surface area contributed by atoms with Crippen LogP contribution in [0.5, 0.6) is 0 Å². The molecule has 43 heavy (non-hydrogen) atoms. The molecule has 4 aliphatic rings. The molecule has 4 fully saturated rings. The highest BCUT2D eigenvalue weighted by Gasteiger charge is 2.55. The van der Waals surface area contributed by atoms with Crippen LogP contribution >= 0.6 is 0 Å². The van der Waals surface area contributed by atoms with Crippen LogP contribution in [-0.2, 0) is 33.2 Å². The Kier molecular flexibility index (Phi) is 11.7. The van der Waals surface area contributed by atoms with Crippen LogP contribution in [0.2, 0.25) is 0 Å². The Morgan fingerprint density at radius 1 is 0.419 bits per heavy atom. The Bertz CT molecular complexity index is 882. The maximum atomic E-state index is 10.9. The minimum Gasteiger partial charge on any atom is -0.394 e. The van der Waals surface area contributed by atoms with Gasteiger partial charge in [-0.25, -0.2) is 0 Å². The second-order valence-electron chi connectivity index (χ2n) is 11.1. The van der Waals surface area contributed by atoms with Gasteiger partial charge in [-0.15, -0.1) is 0 Å². The maximum Gasteiger partial charge on any atom is 0.187 e. The molecular formula is C24H42O19. The highest BCUT2D eigenvalue weighted by molar-refractivity contribution is 4.97. The number of hydrogen-bond acceptors (Lipinski definition) is 19. The smallest absolute Gasteiger partial charge is 0.187 e. The van der Waals surface area contributed by atoms with Crippen LogP contribution in [0.15, 0.2) is 0 Å². The molecule has 19 heteroatoms. The van der Waals surface area contributed by atoms with Crippen LogP contribution in [-0.4, -0.2) is 197 Å². The van der Waals surface area contributed by atoms with E-state index in [0.717, 1.165) is 0 Å². The van der Waals surface area contributed by atoms with E-state index in [0.29, 0.717) is 0 Å². The number of ether oxygens (including phenoxy) is 7. The molecule has 0 saturated carbocycles. The highest BCUT2D eigenvalue weighted by atomic mass is 16.8. The van der Waals surface area contributed by atoms with Crippen LogP contribution < -0.4 is 0 Å². The summed E-state index contributed by atoms with van der Waals surface area (Å²) in [6.45, 7) is 1.19. The lowest BCUT2D eigenvalue weighted by molar-refractivity contribution is -0.401. The summed E-state index contributed by atoms with van der Waals surface area (Å²) in [5, 5.41) is 123. The van der Waals surface area contributed by atoms with Gasteiger partial charge in [0, 0.05) is 0 Å². The van der Waals surface area contributed by atoms with Crippen molar-refractivity contribution in [2.45, 2.75) is 137 Å². The molecule has 0 aromatic rings. The molecule has 0 unspecified atom stereocenters. The topological polar surface area (TPSA) is 307 Å². The Hall–Kier alpha value is -0.760. The van der Waals surface area contributed by atoms with E-state index in [2.05, 4.69) is 0 Å². The van der Waals surface area contributed by atoms with Gasteiger partial charge in [0.05, 0.1) is 25.4 Å². The van der Waals surface area contributed by atoms with Crippen molar-refractivity contribution in [1.82, 2.24) is 0 Å². The molecule has 0 aromatic carbocycles. The van der Waals surface area contributed by atoms with E-state index in [-0.39, 0.29) is 0 Å². The van der Waals surface area contributed by atoms with Crippen LogP contribution in [0.3, 0.4) is 0 Å². The first-order valence-corrected chi connectivity index (χ1v) is 13.8. The number of aliphatic hydroxyl groups excluding tert-OH is 12. The van der Waals surface area contributed by atoms with Gasteiger partial charge in [-0.3, -0.25) is 0 Å².